The van der Waals surface area contributed by atoms with Gasteiger partial charge in [0.2, 0.25) is 6.29 Å². The molecule has 2 aliphatic rings. The van der Waals surface area contributed by atoms with Gasteiger partial charge in [0.05, 0.1) is 38.1 Å². The zero-order chi connectivity index (χ0) is 50.5. The molecule has 20 nitrogen and oxygen atoms in total. The zero-order valence-corrected chi connectivity index (χ0v) is 40.7. The molecule has 3 aromatic carbocycles. The fraction of sp³-hybridized carbons (Fsp3) is 0.500. The topological polar surface area (TPSA) is 221 Å². The molecule has 4 heterocycles. The van der Waals surface area contributed by atoms with Gasteiger partial charge in [-0.1, -0.05) is 32.3 Å². The minimum absolute atomic E-state index is 0.0499. The first-order chi connectivity index (χ1) is 34.1. The van der Waals surface area contributed by atoms with E-state index >= 15 is 4.39 Å². The average molecular weight is 1010 g/mol. The fourth-order valence-corrected chi connectivity index (χ4v) is 9.28. The third kappa shape index (κ3) is 14.4. The highest BCUT2D eigenvalue weighted by Gasteiger charge is 2.45. The van der Waals surface area contributed by atoms with E-state index in [1.165, 1.54) is 41.0 Å². The van der Waals surface area contributed by atoms with Crippen LogP contribution in [0.3, 0.4) is 0 Å². The van der Waals surface area contributed by atoms with Crippen molar-refractivity contribution >= 4 is 33.9 Å². The van der Waals surface area contributed by atoms with Crippen molar-refractivity contribution in [2.45, 2.75) is 103 Å². The predicted molar refractivity (Wildman–Crippen MR) is 253 cm³/mol. The van der Waals surface area contributed by atoms with Gasteiger partial charge in [0.15, 0.2) is 0 Å². The van der Waals surface area contributed by atoms with Crippen LogP contribution in [0.1, 0.15) is 83.7 Å². The third-order valence-electron chi connectivity index (χ3n) is 12.5. The van der Waals surface area contributed by atoms with E-state index < -0.39 is 63.9 Å². The molecule has 0 bridgehead atoms. The van der Waals surface area contributed by atoms with E-state index in [0.29, 0.717) is 69.6 Å². The lowest BCUT2D eigenvalue weighted by Gasteiger charge is -2.37. The Bertz CT molecular complexity index is 2680. The maximum absolute atomic E-state index is 15.1. The zero-order valence-electron chi connectivity index (χ0n) is 39.9. The van der Waals surface area contributed by atoms with E-state index in [4.69, 9.17) is 28.2 Å². The van der Waals surface area contributed by atoms with Crippen molar-refractivity contribution in [3.63, 3.8) is 0 Å². The SMILES string of the molecule is CC[C@@H]([C@H](C)OC(=O)OC(C)OC(=O)CCCCCCCOS(=O)(=O)O)n1ncn(-c2ccc(N3CCN(c4ccc(OC[C@@H]5CO[C@@](Cn6cncn6)(c6ccc(F)cc6F)C5)cc4)CC3)cc2)c1=O. The molecule has 5 aromatic rings. The molecule has 0 spiro atoms. The minimum Gasteiger partial charge on any atom is -0.493 e. The Kier molecular flexibility index (Phi) is 17.8. The summed E-state index contributed by atoms with van der Waals surface area (Å²) in [5.41, 5.74) is 1.48. The first-order valence-corrected chi connectivity index (χ1v) is 25.1. The summed E-state index contributed by atoms with van der Waals surface area (Å²) in [7, 11) is -4.45. The van der Waals surface area contributed by atoms with Crippen LogP contribution in [0, 0.1) is 17.6 Å². The van der Waals surface area contributed by atoms with Crippen molar-refractivity contribution in [3.8, 4) is 11.4 Å². The number of piperazine rings is 1. The molecule has 2 fully saturated rings. The molecule has 1 N–H and O–H groups in total. The predicted octanol–water partition coefficient (Wildman–Crippen LogP) is 6.78. The van der Waals surface area contributed by atoms with Crippen LogP contribution in [0.15, 0.2) is 90.5 Å². The van der Waals surface area contributed by atoms with Crippen molar-refractivity contribution in [2.75, 3.05) is 55.8 Å². The van der Waals surface area contributed by atoms with Crippen molar-refractivity contribution in [3.05, 3.63) is 113 Å². The Morgan fingerprint density at radius 1 is 0.859 bits per heavy atom. The Labute approximate surface area is 410 Å². The lowest BCUT2D eigenvalue weighted by molar-refractivity contribution is -0.169. The van der Waals surface area contributed by atoms with Gasteiger partial charge in [0.1, 0.15) is 48.1 Å². The van der Waals surface area contributed by atoms with Gasteiger partial charge in [-0.3, -0.25) is 9.35 Å². The molecule has 2 aromatic heterocycles. The maximum atomic E-state index is 15.1. The summed E-state index contributed by atoms with van der Waals surface area (Å²) >= 11 is 0. The monoisotopic (exact) mass is 1010 g/mol. The summed E-state index contributed by atoms with van der Waals surface area (Å²) < 4.78 is 95.4. The van der Waals surface area contributed by atoms with Crippen LogP contribution in [0.5, 0.6) is 5.75 Å². The molecule has 7 rings (SSSR count). The number of esters is 1. The number of anilines is 2. The molecule has 0 aliphatic carbocycles. The lowest BCUT2D eigenvalue weighted by Crippen LogP contribution is -2.46. The minimum atomic E-state index is -4.45. The lowest BCUT2D eigenvalue weighted by atomic mass is 9.87. The molecule has 0 radical (unpaired) electrons. The molecule has 0 amide bonds. The second kappa shape index (κ2) is 24.1. The summed E-state index contributed by atoms with van der Waals surface area (Å²) in [6, 6.07) is 18.5. The maximum Gasteiger partial charge on any atom is 0.511 e. The number of ether oxygens (including phenoxy) is 5. The van der Waals surface area contributed by atoms with Gasteiger partial charge in [-0.05, 0) is 87.2 Å². The number of carbonyl (C=O) groups is 2. The van der Waals surface area contributed by atoms with Crippen LogP contribution < -0.4 is 20.2 Å². The number of benzene rings is 3. The molecular formula is C48H60F2N8O12S. The number of hydrogen-bond acceptors (Lipinski definition) is 16. The number of unbranched alkanes of at least 4 members (excludes halogenated alkanes) is 4. The van der Waals surface area contributed by atoms with Gasteiger partial charge >= 0.3 is 28.2 Å². The van der Waals surface area contributed by atoms with E-state index in [2.05, 4.69) is 29.2 Å². The number of halogens is 2. The Morgan fingerprint density at radius 3 is 2.17 bits per heavy atom. The van der Waals surface area contributed by atoms with E-state index in [9.17, 15) is 27.2 Å². The molecule has 71 heavy (non-hydrogen) atoms. The summed E-state index contributed by atoms with van der Waals surface area (Å²) in [4.78, 5) is 47.1. The first-order valence-electron chi connectivity index (χ1n) is 23.7. The van der Waals surface area contributed by atoms with Crippen LogP contribution in [-0.2, 0) is 50.5 Å². The molecule has 5 atom stereocenters. The van der Waals surface area contributed by atoms with Crippen LogP contribution in [0.2, 0.25) is 0 Å². The third-order valence-corrected chi connectivity index (χ3v) is 13.0. The number of rotatable bonds is 24. The van der Waals surface area contributed by atoms with Crippen LogP contribution in [-0.4, -0.2) is 113 Å². The molecule has 0 saturated carbocycles. The van der Waals surface area contributed by atoms with E-state index in [1.54, 1.807) is 17.9 Å². The molecular weight excluding hydrogens is 951 g/mol. The Morgan fingerprint density at radius 2 is 1.52 bits per heavy atom. The number of nitrogens with zero attached hydrogens (tertiary/aromatic N) is 8. The number of aromatic nitrogens is 6. The quantitative estimate of drug-likeness (QED) is 0.0291. The fourth-order valence-electron chi connectivity index (χ4n) is 8.95. The van der Waals surface area contributed by atoms with Crippen molar-refractivity contribution in [1.29, 1.82) is 0 Å². The molecule has 23 heteroatoms. The number of hydrogen-bond donors (Lipinski definition) is 1. The van der Waals surface area contributed by atoms with E-state index in [1.807, 2.05) is 55.5 Å². The van der Waals surface area contributed by atoms with Crippen LogP contribution in [0.4, 0.5) is 25.0 Å². The Hall–Kier alpha value is -6.43. The van der Waals surface area contributed by atoms with Gasteiger partial charge in [0.25, 0.3) is 0 Å². The van der Waals surface area contributed by atoms with Gasteiger partial charge < -0.3 is 33.5 Å². The standard InChI is InChI=1S/C48H60F2N8O12S/c1-4-44(34(2)68-47(61)70-35(3)69-45(59)10-8-6-5-7-9-25-67-71(62,63)64)58-46(60)57(33-53-58)40-14-12-38(13-15-40)54-21-23-55(24-22-54)39-16-18-41(19-17-39)65-28-36-27-48(66-29-36,30-56-32-51-31-52-56)42-20-11-37(49)26-43(42)50/h11-20,26,31-36,44H,4-10,21-25,27-30H2,1-3H3,(H,62,63,64)/t34-,35?,36+,44-,48-/m0/s1. The van der Waals surface area contributed by atoms with Gasteiger partial charge in [-0.2, -0.15) is 18.6 Å². The van der Waals surface area contributed by atoms with Crippen molar-refractivity contribution < 1.29 is 59.2 Å². The van der Waals surface area contributed by atoms with E-state index in [-0.39, 0.29) is 31.1 Å². The molecule has 384 valence electrons. The summed E-state index contributed by atoms with van der Waals surface area (Å²) in [6.45, 7) is 8.73. The second-order valence-corrected chi connectivity index (χ2v) is 18.7. The summed E-state index contributed by atoms with van der Waals surface area (Å²) in [5, 5.41) is 8.53. The molecule has 2 saturated heterocycles. The van der Waals surface area contributed by atoms with Gasteiger partial charge in [-0.15, -0.1) is 0 Å². The van der Waals surface area contributed by atoms with Crippen molar-refractivity contribution in [1.82, 2.24) is 29.1 Å². The summed E-state index contributed by atoms with van der Waals surface area (Å²) in [5.74, 6) is -1.25. The highest BCUT2D eigenvalue weighted by Crippen LogP contribution is 2.42. The van der Waals surface area contributed by atoms with Gasteiger partial charge in [-0.25, -0.2) is 41.5 Å². The Balaban J connectivity index is 0.831. The van der Waals surface area contributed by atoms with Crippen molar-refractivity contribution in [2.24, 2.45) is 5.92 Å². The second-order valence-electron chi connectivity index (χ2n) is 17.6. The van der Waals surface area contributed by atoms with Gasteiger partial charge in [0, 0.05) is 68.4 Å². The average Bonchev–Trinajstić information content (AvgIpc) is 4.10. The molecule has 1 unspecified atom stereocenters. The highest BCUT2D eigenvalue weighted by molar-refractivity contribution is 7.80. The smallest absolute Gasteiger partial charge is 0.493 e. The first kappa shape index (κ1) is 52.4. The normalized spacial score (nSPS) is 18.5. The summed E-state index contributed by atoms with van der Waals surface area (Å²) in [6.07, 6.45) is 5.18. The van der Waals surface area contributed by atoms with E-state index in [0.717, 1.165) is 43.6 Å². The highest BCUT2D eigenvalue weighted by atomic mass is 32.3. The van der Waals surface area contributed by atoms with Crippen LogP contribution in [0.25, 0.3) is 5.69 Å². The number of carbonyl (C=O) groups excluding carboxylic acids is 2. The molecule has 2 aliphatic heterocycles. The van der Waals surface area contributed by atoms with Crippen LogP contribution >= 0.6 is 0 Å². The largest absolute Gasteiger partial charge is 0.511 e.